The Balaban J connectivity index is 2.21. The lowest BCUT2D eigenvalue weighted by Gasteiger charge is -2.26. The van der Waals surface area contributed by atoms with E-state index < -0.39 is 18.0 Å². The minimum atomic E-state index is -0.973. The summed E-state index contributed by atoms with van der Waals surface area (Å²) in [7, 11) is 0. The summed E-state index contributed by atoms with van der Waals surface area (Å²) in [6.45, 7) is 2.56. The Bertz CT molecular complexity index is 488. The minimum Gasteiger partial charge on any atom is -0.481 e. The zero-order chi connectivity index (χ0) is 14.7. The largest absolute Gasteiger partial charge is 0.481 e. The predicted octanol–water partition coefficient (Wildman–Crippen LogP) is 1.55. The van der Waals surface area contributed by atoms with E-state index in [4.69, 9.17) is 5.11 Å². The zero-order valence-corrected chi connectivity index (χ0v) is 11.3. The third-order valence-corrected chi connectivity index (χ3v) is 4.20. The summed E-state index contributed by atoms with van der Waals surface area (Å²) >= 11 is 0. The normalized spacial score (nSPS) is 27.1. The van der Waals surface area contributed by atoms with E-state index in [0.717, 1.165) is 5.56 Å². The van der Waals surface area contributed by atoms with Crippen LogP contribution in [0.5, 0.6) is 0 Å². The highest BCUT2D eigenvalue weighted by Crippen LogP contribution is 2.37. The van der Waals surface area contributed by atoms with Crippen LogP contribution in [0.1, 0.15) is 24.8 Å². The molecule has 0 aromatic heterocycles. The second-order valence-electron chi connectivity index (χ2n) is 5.35. The Morgan fingerprint density at radius 1 is 1.30 bits per heavy atom. The number of aliphatic carboxylic acids is 2. The quantitative estimate of drug-likeness (QED) is 0.760. The van der Waals surface area contributed by atoms with Crippen LogP contribution in [0.15, 0.2) is 30.3 Å². The summed E-state index contributed by atoms with van der Waals surface area (Å²) in [6, 6.07) is 9.03. The van der Waals surface area contributed by atoms with Gasteiger partial charge in [0, 0.05) is 0 Å². The molecule has 1 aromatic carbocycles. The smallest absolute Gasteiger partial charge is 0.321 e. The lowest BCUT2D eigenvalue weighted by molar-refractivity contribution is -0.142. The van der Waals surface area contributed by atoms with E-state index in [-0.39, 0.29) is 24.2 Å². The van der Waals surface area contributed by atoms with Gasteiger partial charge in [-0.3, -0.25) is 9.59 Å². The molecule has 5 nitrogen and oxygen atoms in total. The van der Waals surface area contributed by atoms with Gasteiger partial charge in [0.05, 0.1) is 6.42 Å². The number of rotatable bonds is 5. The molecule has 1 aliphatic heterocycles. The number of nitrogens with one attached hydrogen (secondary N) is 1. The van der Waals surface area contributed by atoms with Crippen molar-refractivity contribution in [2.45, 2.75) is 25.3 Å². The monoisotopic (exact) mass is 277 g/mol. The van der Waals surface area contributed by atoms with Gasteiger partial charge in [-0.05, 0) is 29.9 Å². The summed E-state index contributed by atoms with van der Waals surface area (Å²) in [5.41, 5.74) is 1.11. The average Bonchev–Trinajstić information content (AvgIpc) is 2.82. The van der Waals surface area contributed by atoms with E-state index in [1.807, 2.05) is 37.3 Å². The van der Waals surface area contributed by atoms with Crippen LogP contribution < -0.4 is 5.32 Å². The highest BCUT2D eigenvalue weighted by atomic mass is 16.4. The van der Waals surface area contributed by atoms with Crippen LogP contribution in [0, 0.1) is 11.8 Å². The molecule has 2 rings (SSSR count). The molecule has 0 spiro atoms. The molecule has 0 amide bonds. The highest BCUT2D eigenvalue weighted by molar-refractivity contribution is 5.76. The van der Waals surface area contributed by atoms with E-state index >= 15 is 0 Å². The zero-order valence-electron chi connectivity index (χ0n) is 11.3. The molecule has 1 heterocycles. The van der Waals surface area contributed by atoms with Gasteiger partial charge in [-0.1, -0.05) is 37.3 Å². The van der Waals surface area contributed by atoms with Gasteiger partial charge in [0.15, 0.2) is 0 Å². The topological polar surface area (TPSA) is 86.6 Å². The first-order chi connectivity index (χ1) is 9.50. The molecule has 1 fully saturated rings. The van der Waals surface area contributed by atoms with Crippen molar-refractivity contribution in [2.24, 2.45) is 11.8 Å². The Labute approximate surface area is 117 Å². The molecule has 0 aliphatic carbocycles. The first-order valence-electron chi connectivity index (χ1n) is 6.73. The molecule has 3 N–H and O–H groups in total. The number of carboxylic acids is 2. The van der Waals surface area contributed by atoms with Crippen LogP contribution in [0.25, 0.3) is 0 Å². The molecule has 4 atom stereocenters. The maximum atomic E-state index is 11.2. The molecule has 1 aromatic rings. The lowest BCUT2D eigenvalue weighted by atomic mass is 9.77. The van der Waals surface area contributed by atoms with Gasteiger partial charge in [-0.2, -0.15) is 0 Å². The third kappa shape index (κ3) is 2.99. The van der Waals surface area contributed by atoms with Gasteiger partial charge < -0.3 is 15.5 Å². The van der Waals surface area contributed by atoms with Gasteiger partial charge in [0.1, 0.15) is 6.04 Å². The van der Waals surface area contributed by atoms with Crippen molar-refractivity contribution >= 4 is 11.9 Å². The van der Waals surface area contributed by atoms with Crippen LogP contribution in [-0.4, -0.2) is 34.7 Å². The van der Waals surface area contributed by atoms with E-state index in [9.17, 15) is 14.7 Å². The molecule has 108 valence electrons. The Morgan fingerprint density at radius 2 is 1.95 bits per heavy atom. The van der Waals surface area contributed by atoms with Gasteiger partial charge in [-0.25, -0.2) is 0 Å². The highest BCUT2D eigenvalue weighted by Gasteiger charge is 2.43. The Kier molecular flexibility index (Phi) is 4.39. The predicted molar refractivity (Wildman–Crippen MR) is 73.5 cm³/mol. The van der Waals surface area contributed by atoms with Crippen LogP contribution >= 0.6 is 0 Å². The molecule has 1 aliphatic rings. The maximum absolute atomic E-state index is 11.2. The molecule has 0 bridgehead atoms. The summed E-state index contributed by atoms with van der Waals surface area (Å²) in [5, 5.41) is 21.2. The molecule has 0 saturated carbocycles. The minimum absolute atomic E-state index is 0.00889. The Hall–Kier alpha value is -1.88. The third-order valence-electron chi connectivity index (χ3n) is 4.20. The summed E-state index contributed by atoms with van der Waals surface area (Å²) in [6.07, 6.45) is -0.119. The molecular weight excluding hydrogens is 258 g/mol. The fourth-order valence-corrected chi connectivity index (χ4v) is 3.11. The summed E-state index contributed by atoms with van der Waals surface area (Å²) < 4.78 is 0. The van der Waals surface area contributed by atoms with Crippen molar-refractivity contribution in [3.63, 3.8) is 0 Å². The van der Waals surface area contributed by atoms with Gasteiger partial charge in [0.25, 0.3) is 0 Å². The number of hydrogen-bond acceptors (Lipinski definition) is 3. The van der Waals surface area contributed by atoms with Crippen molar-refractivity contribution in [2.75, 3.05) is 6.54 Å². The van der Waals surface area contributed by atoms with Crippen molar-refractivity contribution in [1.29, 1.82) is 0 Å². The fourth-order valence-electron chi connectivity index (χ4n) is 3.11. The number of carbonyl (C=O) groups is 2. The van der Waals surface area contributed by atoms with Crippen LogP contribution in [-0.2, 0) is 9.59 Å². The number of benzene rings is 1. The number of hydrogen-bond donors (Lipinski definition) is 3. The molecule has 0 radical (unpaired) electrons. The van der Waals surface area contributed by atoms with E-state index in [1.165, 1.54) is 0 Å². The molecular formula is C15H19NO4. The van der Waals surface area contributed by atoms with Crippen LogP contribution in [0.4, 0.5) is 0 Å². The van der Waals surface area contributed by atoms with Crippen LogP contribution in [0.2, 0.25) is 0 Å². The van der Waals surface area contributed by atoms with Crippen molar-refractivity contribution in [1.82, 2.24) is 5.32 Å². The lowest BCUT2D eigenvalue weighted by Crippen LogP contribution is -2.37. The standard InChI is InChI=1S/C15H19NO4/c1-9(10-5-3-2-4-6-10)12-8-16-14(15(19)20)11(12)7-13(17)18/h2-6,9,11-12,14,16H,7-8H2,1H3,(H,17,18)(H,19,20)/t9?,11-,12-,14-/m0/s1. The summed E-state index contributed by atoms with van der Waals surface area (Å²) in [5.74, 6) is -2.18. The second-order valence-corrected chi connectivity index (χ2v) is 5.35. The maximum Gasteiger partial charge on any atom is 0.321 e. The SMILES string of the molecule is CC(c1ccccc1)[C@@H]1CN[C@H](C(=O)O)[C@H]1CC(=O)O. The van der Waals surface area contributed by atoms with Gasteiger partial charge in [-0.15, -0.1) is 0 Å². The molecule has 1 saturated heterocycles. The number of carboxylic acid groups (broad SMARTS) is 2. The average molecular weight is 277 g/mol. The first kappa shape index (κ1) is 14.5. The molecule has 5 heteroatoms. The second kappa shape index (κ2) is 6.05. The van der Waals surface area contributed by atoms with E-state index in [1.54, 1.807) is 0 Å². The van der Waals surface area contributed by atoms with E-state index in [0.29, 0.717) is 6.54 Å². The first-order valence-corrected chi connectivity index (χ1v) is 6.73. The van der Waals surface area contributed by atoms with Crippen molar-refractivity contribution < 1.29 is 19.8 Å². The van der Waals surface area contributed by atoms with Crippen molar-refractivity contribution in [3.8, 4) is 0 Å². The van der Waals surface area contributed by atoms with E-state index in [2.05, 4.69) is 5.32 Å². The molecule has 1 unspecified atom stereocenters. The van der Waals surface area contributed by atoms with Crippen LogP contribution in [0.3, 0.4) is 0 Å². The van der Waals surface area contributed by atoms with Crippen molar-refractivity contribution in [3.05, 3.63) is 35.9 Å². The van der Waals surface area contributed by atoms with Gasteiger partial charge >= 0.3 is 11.9 Å². The Morgan fingerprint density at radius 3 is 2.50 bits per heavy atom. The fraction of sp³-hybridized carbons (Fsp3) is 0.467. The van der Waals surface area contributed by atoms with Gasteiger partial charge in [0.2, 0.25) is 0 Å². The summed E-state index contributed by atoms with van der Waals surface area (Å²) in [4.78, 5) is 22.3. The molecule has 20 heavy (non-hydrogen) atoms.